The summed E-state index contributed by atoms with van der Waals surface area (Å²) in [6, 6.07) is 6.75. The fourth-order valence-corrected chi connectivity index (χ4v) is 2.91. The molecule has 0 aliphatic heterocycles. The van der Waals surface area contributed by atoms with Crippen molar-refractivity contribution in [2.45, 2.75) is 58.2 Å². The van der Waals surface area contributed by atoms with Crippen LogP contribution in [-0.2, 0) is 13.1 Å². The number of aromatic nitrogens is 2. The van der Waals surface area contributed by atoms with Gasteiger partial charge in [0.05, 0.1) is 18.3 Å². The van der Waals surface area contributed by atoms with Crippen LogP contribution in [0.4, 0.5) is 0 Å². The molecular weight excluding hydrogens is 250 g/mol. The van der Waals surface area contributed by atoms with Crippen molar-refractivity contribution in [3.8, 4) is 0 Å². The molecule has 3 rings (SSSR count). The molecular formula is C16H23N3O. The monoisotopic (exact) mass is 273 g/mol. The SMILES string of the molecule is Cc1ccc(CNCc2ccn(C3CCCCC3)n2)o1. The van der Waals surface area contributed by atoms with Crippen molar-refractivity contribution in [1.82, 2.24) is 15.1 Å². The summed E-state index contributed by atoms with van der Waals surface area (Å²) in [6.07, 6.45) is 8.76. The largest absolute Gasteiger partial charge is 0.465 e. The second kappa shape index (κ2) is 6.27. The molecule has 1 N–H and O–H groups in total. The summed E-state index contributed by atoms with van der Waals surface area (Å²) < 4.78 is 7.69. The Kier molecular flexibility index (Phi) is 4.21. The zero-order chi connectivity index (χ0) is 13.8. The molecule has 0 aromatic carbocycles. The molecule has 4 heteroatoms. The van der Waals surface area contributed by atoms with Gasteiger partial charge >= 0.3 is 0 Å². The quantitative estimate of drug-likeness (QED) is 0.905. The molecule has 2 aromatic rings. The number of aryl methyl sites for hydroxylation is 1. The maximum Gasteiger partial charge on any atom is 0.117 e. The van der Waals surface area contributed by atoms with Gasteiger partial charge in [-0.1, -0.05) is 19.3 Å². The van der Waals surface area contributed by atoms with E-state index in [0.717, 1.165) is 30.3 Å². The van der Waals surface area contributed by atoms with Gasteiger partial charge in [-0.2, -0.15) is 5.10 Å². The van der Waals surface area contributed by atoms with Gasteiger partial charge in [0.1, 0.15) is 11.5 Å². The Bertz CT molecular complexity index is 537. The van der Waals surface area contributed by atoms with Crippen molar-refractivity contribution in [3.05, 3.63) is 41.6 Å². The Balaban J connectivity index is 1.49. The van der Waals surface area contributed by atoms with Gasteiger partial charge in [-0.3, -0.25) is 4.68 Å². The van der Waals surface area contributed by atoms with Crippen LogP contribution in [-0.4, -0.2) is 9.78 Å². The highest BCUT2D eigenvalue weighted by atomic mass is 16.3. The van der Waals surface area contributed by atoms with Gasteiger partial charge in [0.2, 0.25) is 0 Å². The zero-order valence-electron chi connectivity index (χ0n) is 12.1. The fraction of sp³-hybridized carbons (Fsp3) is 0.562. The van der Waals surface area contributed by atoms with Crippen LogP contribution in [0.3, 0.4) is 0 Å². The van der Waals surface area contributed by atoms with E-state index in [9.17, 15) is 0 Å². The van der Waals surface area contributed by atoms with Crippen LogP contribution >= 0.6 is 0 Å². The first-order valence-electron chi connectivity index (χ1n) is 7.61. The van der Waals surface area contributed by atoms with Crippen LogP contribution in [0.1, 0.15) is 55.4 Å². The van der Waals surface area contributed by atoms with E-state index in [4.69, 9.17) is 9.52 Å². The van der Waals surface area contributed by atoms with E-state index in [1.54, 1.807) is 0 Å². The van der Waals surface area contributed by atoms with Gasteiger partial charge in [-0.15, -0.1) is 0 Å². The average molecular weight is 273 g/mol. The lowest BCUT2D eigenvalue weighted by atomic mass is 9.96. The van der Waals surface area contributed by atoms with Gasteiger partial charge in [-0.05, 0) is 38.0 Å². The Hall–Kier alpha value is -1.55. The molecule has 2 aromatic heterocycles. The summed E-state index contributed by atoms with van der Waals surface area (Å²) in [6.45, 7) is 3.51. The fourth-order valence-electron chi connectivity index (χ4n) is 2.91. The molecule has 2 heterocycles. The van der Waals surface area contributed by atoms with Gasteiger partial charge in [-0.25, -0.2) is 0 Å². The second-order valence-electron chi connectivity index (χ2n) is 5.69. The molecule has 0 amide bonds. The third-order valence-electron chi connectivity index (χ3n) is 4.01. The van der Waals surface area contributed by atoms with Crippen molar-refractivity contribution in [1.29, 1.82) is 0 Å². The average Bonchev–Trinajstić information content (AvgIpc) is 3.09. The minimum Gasteiger partial charge on any atom is -0.465 e. The van der Waals surface area contributed by atoms with E-state index >= 15 is 0 Å². The molecule has 0 spiro atoms. The van der Waals surface area contributed by atoms with Crippen LogP contribution in [0, 0.1) is 6.92 Å². The second-order valence-corrected chi connectivity index (χ2v) is 5.69. The van der Waals surface area contributed by atoms with Gasteiger partial charge in [0, 0.05) is 12.7 Å². The highest BCUT2D eigenvalue weighted by Crippen LogP contribution is 2.27. The smallest absolute Gasteiger partial charge is 0.117 e. The topological polar surface area (TPSA) is 43.0 Å². The van der Waals surface area contributed by atoms with Crippen LogP contribution < -0.4 is 5.32 Å². The summed E-state index contributed by atoms with van der Waals surface area (Å²) in [7, 11) is 0. The number of hydrogen-bond donors (Lipinski definition) is 1. The van der Waals surface area contributed by atoms with Crippen LogP contribution in [0.25, 0.3) is 0 Å². The lowest BCUT2D eigenvalue weighted by Gasteiger charge is -2.21. The summed E-state index contributed by atoms with van der Waals surface area (Å²) in [5.41, 5.74) is 1.11. The summed E-state index contributed by atoms with van der Waals surface area (Å²) >= 11 is 0. The first kappa shape index (κ1) is 13.4. The molecule has 20 heavy (non-hydrogen) atoms. The number of nitrogens with zero attached hydrogens (tertiary/aromatic N) is 2. The molecule has 0 atom stereocenters. The maximum absolute atomic E-state index is 5.53. The molecule has 0 radical (unpaired) electrons. The normalized spacial score (nSPS) is 16.6. The third-order valence-corrected chi connectivity index (χ3v) is 4.01. The Morgan fingerprint density at radius 2 is 2.05 bits per heavy atom. The molecule has 0 saturated heterocycles. The van der Waals surface area contributed by atoms with Crippen molar-refractivity contribution in [2.24, 2.45) is 0 Å². The van der Waals surface area contributed by atoms with E-state index < -0.39 is 0 Å². The third kappa shape index (κ3) is 3.31. The molecule has 108 valence electrons. The van der Waals surface area contributed by atoms with Crippen molar-refractivity contribution < 1.29 is 4.42 Å². The number of nitrogens with one attached hydrogen (secondary N) is 1. The van der Waals surface area contributed by atoms with E-state index in [0.29, 0.717) is 6.04 Å². The lowest BCUT2D eigenvalue weighted by Crippen LogP contribution is -2.15. The standard InChI is InChI=1S/C16H23N3O/c1-13-7-8-16(20-13)12-17-11-14-9-10-19(18-14)15-5-3-2-4-6-15/h7-10,15,17H,2-6,11-12H2,1H3. The maximum atomic E-state index is 5.53. The van der Waals surface area contributed by atoms with Crippen molar-refractivity contribution >= 4 is 0 Å². The molecule has 1 fully saturated rings. The first-order chi connectivity index (χ1) is 9.81. The van der Waals surface area contributed by atoms with Crippen LogP contribution in [0.15, 0.2) is 28.8 Å². The van der Waals surface area contributed by atoms with E-state index in [2.05, 4.69) is 22.3 Å². The predicted octanol–water partition coefficient (Wildman–Crippen LogP) is 3.58. The van der Waals surface area contributed by atoms with E-state index in [1.807, 2.05) is 19.1 Å². The Morgan fingerprint density at radius 3 is 2.80 bits per heavy atom. The number of hydrogen-bond acceptors (Lipinski definition) is 3. The zero-order valence-corrected chi connectivity index (χ0v) is 12.1. The summed E-state index contributed by atoms with van der Waals surface area (Å²) in [5, 5.41) is 8.07. The summed E-state index contributed by atoms with van der Waals surface area (Å²) in [4.78, 5) is 0. The van der Waals surface area contributed by atoms with Crippen LogP contribution in [0.2, 0.25) is 0 Å². The molecule has 1 saturated carbocycles. The highest BCUT2D eigenvalue weighted by Gasteiger charge is 2.15. The number of rotatable bonds is 5. The first-order valence-corrected chi connectivity index (χ1v) is 7.61. The minimum atomic E-state index is 0.616. The van der Waals surface area contributed by atoms with Gasteiger partial charge in [0.25, 0.3) is 0 Å². The predicted molar refractivity (Wildman–Crippen MR) is 78.3 cm³/mol. The molecule has 0 unspecified atom stereocenters. The van der Waals surface area contributed by atoms with Gasteiger partial charge in [0.15, 0.2) is 0 Å². The molecule has 1 aliphatic carbocycles. The molecule has 1 aliphatic rings. The van der Waals surface area contributed by atoms with Crippen molar-refractivity contribution in [2.75, 3.05) is 0 Å². The lowest BCUT2D eigenvalue weighted by molar-refractivity contribution is 0.327. The molecule has 0 bridgehead atoms. The summed E-state index contributed by atoms with van der Waals surface area (Å²) in [5.74, 6) is 1.94. The number of furan rings is 1. The minimum absolute atomic E-state index is 0.616. The van der Waals surface area contributed by atoms with Gasteiger partial charge < -0.3 is 9.73 Å². The van der Waals surface area contributed by atoms with E-state index in [1.165, 1.54) is 32.1 Å². The Labute approximate surface area is 120 Å². The molecule has 4 nitrogen and oxygen atoms in total. The van der Waals surface area contributed by atoms with Crippen molar-refractivity contribution in [3.63, 3.8) is 0 Å². The highest BCUT2D eigenvalue weighted by molar-refractivity contribution is 5.06. The Morgan fingerprint density at radius 1 is 1.20 bits per heavy atom. The van der Waals surface area contributed by atoms with E-state index in [-0.39, 0.29) is 0 Å². The van der Waals surface area contributed by atoms with Crippen LogP contribution in [0.5, 0.6) is 0 Å².